The van der Waals surface area contributed by atoms with Crippen molar-refractivity contribution in [1.82, 2.24) is 0 Å². The predicted molar refractivity (Wildman–Crippen MR) is 80.0 cm³/mol. The van der Waals surface area contributed by atoms with Gasteiger partial charge in [0.2, 0.25) is 5.91 Å². The average Bonchev–Trinajstić information content (AvgIpc) is 2.43. The maximum Gasteiger partial charge on any atom is 0.228 e. The summed E-state index contributed by atoms with van der Waals surface area (Å²) in [4.78, 5) is 11.9. The third-order valence-electron chi connectivity index (χ3n) is 2.65. The van der Waals surface area contributed by atoms with Gasteiger partial charge in [0.05, 0.1) is 28.8 Å². The van der Waals surface area contributed by atoms with Crippen LogP contribution in [0.3, 0.4) is 0 Å². The minimum Gasteiger partial charge on any atom is -0.324 e. The number of halogens is 2. The normalized spacial score (nSPS) is 9.85. The molecule has 1 amide bonds. The van der Waals surface area contributed by atoms with Crippen molar-refractivity contribution in [2.45, 2.75) is 6.42 Å². The van der Waals surface area contributed by atoms with Gasteiger partial charge in [-0.3, -0.25) is 4.79 Å². The number of hydrogen-bond donors (Lipinski definition) is 1. The summed E-state index contributed by atoms with van der Waals surface area (Å²) in [6.07, 6.45) is 0.230. The minimum absolute atomic E-state index is 0.182. The number of anilines is 1. The first-order valence-corrected chi connectivity index (χ1v) is 6.58. The molecule has 0 aromatic heterocycles. The van der Waals surface area contributed by atoms with Gasteiger partial charge >= 0.3 is 0 Å². The molecule has 3 nitrogen and oxygen atoms in total. The van der Waals surface area contributed by atoms with E-state index in [2.05, 4.69) is 5.32 Å². The molecule has 0 saturated carbocycles. The van der Waals surface area contributed by atoms with E-state index in [-0.39, 0.29) is 12.3 Å². The fourth-order valence-electron chi connectivity index (χ4n) is 1.67. The lowest BCUT2D eigenvalue weighted by Crippen LogP contribution is -2.14. The maximum atomic E-state index is 11.9. The minimum atomic E-state index is -0.182. The molecule has 0 spiro atoms. The van der Waals surface area contributed by atoms with Crippen molar-refractivity contribution in [2.24, 2.45) is 0 Å². The van der Waals surface area contributed by atoms with E-state index in [1.54, 1.807) is 36.4 Å². The number of nitrogens with zero attached hydrogens (tertiary/aromatic N) is 1. The standard InChI is InChI=1S/C15H10Cl2N2O/c16-12-4-1-10(2-5-12)8-15(20)19-14-6-3-11(9-18)7-13(14)17/h1-7H,8H2,(H,19,20). The maximum absolute atomic E-state index is 11.9. The molecule has 5 heteroatoms. The highest BCUT2D eigenvalue weighted by molar-refractivity contribution is 6.33. The van der Waals surface area contributed by atoms with Gasteiger partial charge in [0.25, 0.3) is 0 Å². The number of carbonyl (C=O) groups is 1. The van der Waals surface area contributed by atoms with Gasteiger partial charge in [-0.25, -0.2) is 0 Å². The molecule has 0 aliphatic carbocycles. The van der Waals surface area contributed by atoms with Crippen LogP contribution in [0.1, 0.15) is 11.1 Å². The molecule has 0 saturated heterocycles. The van der Waals surface area contributed by atoms with Crippen molar-refractivity contribution in [3.63, 3.8) is 0 Å². The van der Waals surface area contributed by atoms with Crippen LogP contribution >= 0.6 is 23.2 Å². The van der Waals surface area contributed by atoms with Crippen LogP contribution in [0.15, 0.2) is 42.5 Å². The molecular formula is C15H10Cl2N2O. The highest BCUT2D eigenvalue weighted by Gasteiger charge is 2.07. The third-order valence-corrected chi connectivity index (χ3v) is 3.21. The molecular weight excluding hydrogens is 295 g/mol. The molecule has 2 aromatic carbocycles. The summed E-state index contributed by atoms with van der Waals surface area (Å²) in [7, 11) is 0. The van der Waals surface area contributed by atoms with Gasteiger partial charge in [-0.1, -0.05) is 35.3 Å². The molecule has 1 N–H and O–H groups in total. The van der Waals surface area contributed by atoms with Crippen LogP contribution in [0.5, 0.6) is 0 Å². The first kappa shape index (κ1) is 14.4. The Balaban J connectivity index is 2.05. The predicted octanol–water partition coefficient (Wildman–Crippen LogP) is 4.05. The molecule has 0 aliphatic heterocycles. The molecule has 0 heterocycles. The monoisotopic (exact) mass is 304 g/mol. The lowest BCUT2D eigenvalue weighted by atomic mass is 10.1. The van der Waals surface area contributed by atoms with E-state index in [1.165, 1.54) is 6.07 Å². The smallest absolute Gasteiger partial charge is 0.228 e. The van der Waals surface area contributed by atoms with Crippen LogP contribution in [-0.4, -0.2) is 5.91 Å². The molecule has 0 unspecified atom stereocenters. The molecule has 100 valence electrons. The highest BCUT2D eigenvalue weighted by Crippen LogP contribution is 2.23. The van der Waals surface area contributed by atoms with Gasteiger partial charge in [0, 0.05) is 5.02 Å². The lowest BCUT2D eigenvalue weighted by Gasteiger charge is -2.07. The van der Waals surface area contributed by atoms with Crippen LogP contribution in [0.4, 0.5) is 5.69 Å². The molecule has 2 aromatic rings. The summed E-state index contributed by atoms with van der Waals surface area (Å²) in [5.74, 6) is -0.182. The van der Waals surface area contributed by atoms with Crippen molar-refractivity contribution in [3.8, 4) is 6.07 Å². The van der Waals surface area contributed by atoms with Crippen LogP contribution in [0, 0.1) is 11.3 Å². The molecule has 0 bridgehead atoms. The number of amides is 1. The summed E-state index contributed by atoms with van der Waals surface area (Å²) < 4.78 is 0. The molecule has 0 atom stereocenters. The number of nitriles is 1. The first-order chi connectivity index (χ1) is 9.58. The fraction of sp³-hybridized carbons (Fsp3) is 0.0667. The van der Waals surface area contributed by atoms with Crippen molar-refractivity contribution < 1.29 is 4.79 Å². The number of benzene rings is 2. The Morgan fingerprint density at radius 3 is 2.45 bits per heavy atom. The van der Waals surface area contributed by atoms with E-state index in [0.717, 1.165) is 5.56 Å². The van der Waals surface area contributed by atoms with Gasteiger partial charge in [-0.2, -0.15) is 5.26 Å². The Kier molecular flexibility index (Phi) is 4.62. The zero-order valence-electron chi connectivity index (χ0n) is 10.4. The van der Waals surface area contributed by atoms with E-state index in [0.29, 0.717) is 21.3 Å². The van der Waals surface area contributed by atoms with Crippen molar-refractivity contribution in [2.75, 3.05) is 5.32 Å². The third kappa shape index (κ3) is 3.74. The van der Waals surface area contributed by atoms with E-state index < -0.39 is 0 Å². The van der Waals surface area contributed by atoms with E-state index in [1.807, 2.05) is 6.07 Å². The fourth-order valence-corrected chi connectivity index (χ4v) is 2.02. The van der Waals surface area contributed by atoms with Crippen molar-refractivity contribution >= 4 is 34.8 Å². The summed E-state index contributed by atoms with van der Waals surface area (Å²) in [6, 6.07) is 13.8. The highest BCUT2D eigenvalue weighted by atomic mass is 35.5. The van der Waals surface area contributed by atoms with Crippen LogP contribution in [-0.2, 0) is 11.2 Å². The zero-order chi connectivity index (χ0) is 14.5. The summed E-state index contributed by atoms with van der Waals surface area (Å²) in [5, 5.41) is 12.4. The zero-order valence-corrected chi connectivity index (χ0v) is 11.9. The van der Waals surface area contributed by atoms with Crippen LogP contribution in [0.2, 0.25) is 10.0 Å². The van der Waals surface area contributed by atoms with Crippen molar-refractivity contribution in [1.29, 1.82) is 5.26 Å². The van der Waals surface area contributed by atoms with Gasteiger partial charge in [-0.15, -0.1) is 0 Å². The van der Waals surface area contributed by atoms with Gasteiger partial charge in [0.1, 0.15) is 0 Å². The van der Waals surface area contributed by atoms with Crippen LogP contribution in [0.25, 0.3) is 0 Å². The van der Waals surface area contributed by atoms with Gasteiger partial charge in [-0.05, 0) is 35.9 Å². The molecule has 20 heavy (non-hydrogen) atoms. The number of hydrogen-bond acceptors (Lipinski definition) is 2. The number of rotatable bonds is 3. The molecule has 2 rings (SSSR count). The van der Waals surface area contributed by atoms with E-state index in [9.17, 15) is 4.79 Å². The van der Waals surface area contributed by atoms with Gasteiger partial charge < -0.3 is 5.32 Å². The van der Waals surface area contributed by atoms with Crippen molar-refractivity contribution in [3.05, 3.63) is 63.6 Å². The summed E-state index contributed by atoms with van der Waals surface area (Å²) in [5.41, 5.74) is 1.80. The Bertz CT molecular complexity index is 675. The molecule has 0 fully saturated rings. The first-order valence-electron chi connectivity index (χ1n) is 5.82. The second-order valence-electron chi connectivity index (χ2n) is 4.16. The number of nitrogens with one attached hydrogen (secondary N) is 1. The summed E-state index contributed by atoms with van der Waals surface area (Å²) in [6.45, 7) is 0. The molecule has 0 aliphatic rings. The second kappa shape index (κ2) is 6.42. The largest absolute Gasteiger partial charge is 0.324 e. The van der Waals surface area contributed by atoms with E-state index >= 15 is 0 Å². The Morgan fingerprint density at radius 1 is 1.15 bits per heavy atom. The van der Waals surface area contributed by atoms with Crippen LogP contribution < -0.4 is 5.32 Å². The Morgan fingerprint density at radius 2 is 1.85 bits per heavy atom. The Hall–Kier alpha value is -2.02. The van der Waals surface area contributed by atoms with E-state index in [4.69, 9.17) is 28.5 Å². The Labute approximate surface area is 126 Å². The quantitative estimate of drug-likeness (QED) is 0.930. The molecule has 0 radical (unpaired) electrons. The number of carbonyl (C=O) groups excluding carboxylic acids is 1. The second-order valence-corrected chi connectivity index (χ2v) is 5.00. The summed E-state index contributed by atoms with van der Waals surface area (Å²) >= 11 is 11.8. The topological polar surface area (TPSA) is 52.9 Å². The SMILES string of the molecule is N#Cc1ccc(NC(=O)Cc2ccc(Cl)cc2)c(Cl)c1. The lowest BCUT2D eigenvalue weighted by molar-refractivity contribution is -0.115. The van der Waals surface area contributed by atoms with Gasteiger partial charge in [0.15, 0.2) is 0 Å². The average molecular weight is 305 g/mol.